The fraction of sp³-hybridized carbons (Fsp3) is 0.143. The number of pyridine rings is 1. The summed E-state index contributed by atoms with van der Waals surface area (Å²) in [5.41, 5.74) is 7.21. The molecule has 1 aromatic heterocycles. The van der Waals surface area contributed by atoms with Crippen LogP contribution in [-0.2, 0) is 6.61 Å². The molecule has 4 nitrogen and oxygen atoms in total. The number of ether oxygens (including phenoxy) is 1. The zero-order chi connectivity index (χ0) is 13.8. The van der Waals surface area contributed by atoms with Gasteiger partial charge in [0.1, 0.15) is 18.5 Å². The van der Waals surface area contributed by atoms with Gasteiger partial charge in [0, 0.05) is 5.69 Å². The zero-order valence-electron chi connectivity index (χ0n) is 10.4. The van der Waals surface area contributed by atoms with Gasteiger partial charge in [0.25, 0.3) is 0 Å². The number of nitrogens with zero attached hydrogens (tertiary/aromatic N) is 2. The van der Waals surface area contributed by atoms with Gasteiger partial charge < -0.3 is 10.5 Å². The summed E-state index contributed by atoms with van der Waals surface area (Å²) in [7, 11) is 0. The second-order valence-corrected chi connectivity index (χ2v) is 4.05. The Balaban J connectivity index is 2.13. The smallest absolute Gasteiger partial charge is 0.166 e. The van der Waals surface area contributed by atoms with Crippen LogP contribution in [0.5, 0.6) is 5.75 Å². The lowest BCUT2D eigenvalue weighted by Crippen LogP contribution is -2.01. The fourth-order valence-electron chi connectivity index (χ4n) is 1.60. The van der Waals surface area contributed by atoms with Crippen molar-refractivity contribution in [1.82, 2.24) is 4.98 Å². The normalized spacial score (nSPS) is 9.95. The third-order valence-electron chi connectivity index (χ3n) is 2.57. The molecule has 1 heterocycles. The van der Waals surface area contributed by atoms with Crippen molar-refractivity contribution in [2.24, 2.45) is 0 Å². The first-order valence-electron chi connectivity index (χ1n) is 5.64. The summed E-state index contributed by atoms with van der Waals surface area (Å²) in [5, 5.41) is 8.74. The molecule has 0 aliphatic rings. The molecule has 2 N–H and O–H groups in total. The zero-order valence-corrected chi connectivity index (χ0v) is 10.4. The monoisotopic (exact) mass is 257 g/mol. The molecule has 0 radical (unpaired) electrons. The van der Waals surface area contributed by atoms with Crippen LogP contribution in [-0.4, -0.2) is 4.98 Å². The van der Waals surface area contributed by atoms with Gasteiger partial charge in [-0.25, -0.2) is 9.37 Å². The molecule has 0 unspecified atom stereocenters. The maximum Gasteiger partial charge on any atom is 0.166 e. The van der Waals surface area contributed by atoms with Crippen molar-refractivity contribution >= 4 is 5.82 Å². The molecular formula is C14H12FN3O. The molecule has 5 heteroatoms. The molecule has 19 heavy (non-hydrogen) atoms. The number of anilines is 1. The molecule has 2 rings (SSSR count). The highest BCUT2D eigenvalue weighted by Crippen LogP contribution is 2.20. The Labute approximate surface area is 110 Å². The molecule has 0 bridgehead atoms. The highest BCUT2D eigenvalue weighted by molar-refractivity contribution is 5.46. The van der Waals surface area contributed by atoms with Crippen LogP contribution in [0.25, 0.3) is 0 Å². The molecule has 0 saturated heterocycles. The maximum atomic E-state index is 13.1. The van der Waals surface area contributed by atoms with Gasteiger partial charge in [-0.2, -0.15) is 5.26 Å². The Morgan fingerprint density at radius 1 is 1.37 bits per heavy atom. The van der Waals surface area contributed by atoms with Crippen molar-refractivity contribution in [2.75, 3.05) is 5.73 Å². The number of hydrogen-bond acceptors (Lipinski definition) is 4. The number of rotatable bonds is 3. The van der Waals surface area contributed by atoms with Gasteiger partial charge in [0.2, 0.25) is 0 Å². The van der Waals surface area contributed by atoms with Crippen molar-refractivity contribution in [2.45, 2.75) is 13.5 Å². The van der Waals surface area contributed by atoms with Crippen molar-refractivity contribution in [3.05, 3.63) is 53.0 Å². The Morgan fingerprint density at radius 3 is 2.84 bits per heavy atom. The van der Waals surface area contributed by atoms with Crippen molar-refractivity contribution < 1.29 is 9.13 Å². The van der Waals surface area contributed by atoms with E-state index in [0.717, 1.165) is 5.69 Å². The van der Waals surface area contributed by atoms with Gasteiger partial charge in [-0.1, -0.05) is 6.07 Å². The Hall–Kier alpha value is -2.61. The lowest BCUT2D eigenvalue weighted by molar-refractivity contribution is 0.306. The van der Waals surface area contributed by atoms with Crippen LogP contribution in [0, 0.1) is 24.1 Å². The molecule has 96 valence electrons. The molecule has 2 aromatic rings. The number of benzene rings is 1. The molecule has 0 aliphatic carbocycles. The molecule has 0 fully saturated rings. The second kappa shape index (κ2) is 5.36. The van der Waals surface area contributed by atoms with E-state index in [1.165, 1.54) is 12.1 Å². The van der Waals surface area contributed by atoms with Crippen LogP contribution >= 0.6 is 0 Å². The lowest BCUT2D eigenvalue weighted by atomic mass is 10.1. The van der Waals surface area contributed by atoms with Crippen LogP contribution < -0.4 is 10.5 Å². The average Bonchev–Trinajstić information content (AvgIpc) is 2.39. The summed E-state index contributed by atoms with van der Waals surface area (Å²) < 4.78 is 18.6. The third kappa shape index (κ3) is 2.99. The lowest BCUT2D eigenvalue weighted by Gasteiger charge is -2.09. The number of hydrogen-bond donors (Lipinski definition) is 1. The first-order chi connectivity index (χ1) is 9.10. The van der Waals surface area contributed by atoms with E-state index in [-0.39, 0.29) is 12.2 Å². The summed E-state index contributed by atoms with van der Waals surface area (Å²) in [5.74, 6) is 0.235. The number of nitrogens with two attached hydrogens (primary N) is 1. The van der Waals surface area contributed by atoms with Gasteiger partial charge in [0.05, 0.1) is 5.56 Å². The fourth-order valence-corrected chi connectivity index (χ4v) is 1.60. The number of nitrogen functional groups attached to an aromatic ring is 1. The quantitative estimate of drug-likeness (QED) is 0.917. The predicted molar refractivity (Wildman–Crippen MR) is 68.8 cm³/mol. The minimum absolute atomic E-state index is 0.00361. The summed E-state index contributed by atoms with van der Waals surface area (Å²) >= 11 is 0. The SMILES string of the molecule is Cc1ccc(OCc2ccc(F)c(C#N)c2)c(N)n1. The predicted octanol–water partition coefficient (Wildman–Crippen LogP) is 2.56. The van der Waals surface area contributed by atoms with Crippen LogP contribution in [0.2, 0.25) is 0 Å². The van der Waals surface area contributed by atoms with Gasteiger partial charge in [-0.3, -0.25) is 0 Å². The van der Waals surface area contributed by atoms with E-state index < -0.39 is 5.82 Å². The summed E-state index contributed by atoms with van der Waals surface area (Å²) in [6, 6.07) is 9.56. The second-order valence-electron chi connectivity index (χ2n) is 4.05. The maximum absolute atomic E-state index is 13.1. The van der Waals surface area contributed by atoms with Crippen molar-refractivity contribution in [3.63, 3.8) is 0 Å². The van der Waals surface area contributed by atoms with E-state index in [9.17, 15) is 4.39 Å². The summed E-state index contributed by atoms with van der Waals surface area (Å²) in [6.07, 6.45) is 0. The minimum atomic E-state index is -0.539. The number of aryl methyl sites for hydroxylation is 1. The average molecular weight is 257 g/mol. The van der Waals surface area contributed by atoms with E-state index in [1.807, 2.05) is 6.92 Å². The first kappa shape index (κ1) is 12.8. The van der Waals surface area contributed by atoms with Gasteiger partial charge in [0.15, 0.2) is 11.6 Å². The Kier molecular flexibility index (Phi) is 3.62. The third-order valence-corrected chi connectivity index (χ3v) is 2.57. The topological polar surface area (TPSA) is 71.9 Å². The Morgan fingerprint density at radius 2 is 2.16 bits per heavy atom. The number of aromatic nitrogens is 1. The van der Waals surface area contributed by atoms with Gasteiger partial charge >= 0.3 is 0 Å². The highest BCUT2D eigenvalue weighted by atomic mass is 19.1. The molecule has 0 saturated carbocycles. The largest absolute Gasteiger partial charge is 0.485 e. The van der Waals surface area contributed by atoms with E-state index in [4.69, 9.17) is 15.7 Å². The number of halogens is 1. The van der Waals surface area contributed by atoms with E-state index >= 15 is 0 Å². The first-order valence-corrected chi connectivity index (χ1v) is 5.64. The van der Waals surface area contributed by atoms with Crippen molar-refractivity contribution in [1.29, 1.82) is 5.26 Å². The Bertz CT molecular complexity index is 650. The molecule has 1 aromatic carbocycles. The number of nitriles is 1. The molecule has 0 aliphatic heterocycles. The van der Waals surface area contributed by atoms with Crippen molar-refractivity contribution in [3.8, 4) is 11.8 Å². The molecule has 0 amide bonds. The van der Waals surface area contributed by atoms with Crippen LogP contribution in [0.1, 0.15) is 16.8 Å². The van der Waals surface area contributed by atoms with Crippen LogP contribution in [0.4, 0.5) is 10.2 Å². The molecule has 0 spiro atoms. The summed E-state index contributed by atoms with van der Waals surface area (Å²) in [4.78, 5) is 4.07. The van der Waals surface area contributed by atoms with Gasteiger partial charge in [-0.15, -0.1) is 0 Å². The highest BCUT2D eigenvalue weighted by Gasteiger charge is 2.05. The van der Waals surface area contributed by atoms with Gasteiger partial charge in [-0.05, 0) is 36.8 Å². The van der Waals surface area contributed by atoms with Crippen LogP contribution in [0.3, 0.4) is 0 Å². The molecule has 0 atom stereocenters. The van der Waals surface area contributed by atoms with E-state index in [0.29, 0.717) is 17.1 Å². The standard InChI is InChI=1S/C14H12FN3O/c1-9-2-5-13(14(17)18-9)19-8-10-3-4-12(15)11(6-10)7-16/h2-6H,8H2,1H3,(H2,17,18). The summed E-state index contributed by atoms with van der Waals surface area (Å²) in [6.45, 7) is 2.03. The minimum Gasteiger partial charge on any atom is -0.485 e. The van der Waals surface area contributed by atoms with Crippen LogP contribution in [0.15, 0.2) is 30.3 Å². The molecular weight excluding hydrogens is 245 g/mol. The van der Waals surface area contributed by atoms with E-state index in [2.05, 4.69) is 4.98 Å². The van der Waals surface area contributed by atoms with E-state index in [1.54, 1.807) is 24.3 Å².